The van der Waals surface area contributed by atoms with Gasteiger partial charge in [0.1, 0.15) is 16.7 Å². The highest BCUT2D eigenvalue weighted by molar-refractivity contribution is 7.09. The third kappa shape index (κ3) is 2.41. The lowest BCUT2D eigenvalue weighted by atomic mass is 10.0. The van der Waals surface area contributed by atoms with Crippen LogP contribution in [0.15, 0.2) is 11.7 Å². The second kappa shape index (κ2) is 5.26. The number of hydrogen-bond donors (Lipinski definition) is 3. The summed E-state index contributed by atoms with van der Waals surface area (Å²) in [5, 5.41) is 11.6. The van der Waals surface area contributed by atoms with Crippen LogP contribution in [0.3, 0.4) is 0 Å². The Labute approximate surface area is 123 Å². The highest BCUT2D eigenvalue weighted by Crippen LogP contribution is 2.23. The zero-order valence-electron chi connectivity index (χ0n) is 10.9. The average Bonchev–Trinajstić information content (AvgIpc) is 3.13. The minimum atomic E-state index is -1.05. The van der Waals surface area contributed by atoms with E-state index in [0.29, 0.717) is 10.7 Å². The molecule has 3 rings (SSSR count). The van der Waals surface area contributed by atoms with Gasteiger partial charge in [-0.05, 0) is 0 Å². The summed E-state index contributed by atoms with van der Waals surface area (Å²) in [4.78, 5) is 36.4. The van der Waals surface area contributed by atoms with E-state index in [2.05, 4.69) is 15.0 Å². The van der Waals surface area contributed by atoms with Crippen LogP contribution in [0.2, 0.25) is 0 Å². The molecular weight excluding hydrogens is 294 g/mol. The van der Waals surface area contributed by atoms with Crippen molar-refractivity contribution >= 4 is 23.2 Å². The van der Waals surface area contributed by atoms with E-state index < -0.39 is 17.9 Å². The van der Waals surface area contributed by atoms with E-state index in [-0.39, 0.29) is 25.2 Å². The predicted molar refractivity (Wildman–Crippen MR) is 73.6 cm³/mol. The maximum absolute atomic E-state index is 12.5. The smallest absolute Gasteiger partial charge is 0.326 e. The Morgan fingerprint density at radius 1 is 1.57 bits per heavy atom. The average molecular weight is 307 g/mol. The van der Waals surface area contributed by atoms with Crippen molar-refractivity contribution in [3.05, 3.63) is 33.8 Å². The second-order valence-electron chi connectivity index (χ2n) is 4.65. The third-order valence-corrected chi connectivity index (χ3v) is 4.26. The number of carbonyl (C=O) groups excluding carboxylic acids is 1. The summed E-state index contributed by atoms with van der Waals surface area (Å²) >= 11 is 1.29. The molecule has 0 saturated heterocycles. The van der Waals surface area contributed by atoms with Crippen molar-refractivity contribution < 1.29 is 14.7 Å². The maximum atomic E-state index is 12.5. The van der Waals surface area contributed by atoms with Crippen LogP contribution in [-0.2, 0) is 24.3 Å². The minimum Gasteiger partial charge on any atom is -0.480 e. The molecule has 2 aromatic rings. The molecule has 0 aliphatic carbocycles. The Hall–Kier alpha value is -2.26. The van der Waals surface area contributed by atoms with Gasteiger partial charge in [-0.15, -0.1) is 11.3 Å². The Kier molecular flexibility index (Phi) is 3.43. The lowest BCUT2D eigenvalue weighted by molar-refractivity contribution is -0.142. The first kappa shape index (κ1) is 13.7. The van der Waals surface area contributed by atoms with E-state index in [1.165, 1.54) is 22.6 Å². The van der Waals surface area contributed by atoms with Gasteiger partial charge in [0.25, 0.3) is 5.91 Å². The van der Waals surface area contributed by atoms with Crippen molar-refractivity contribution in [2.75, 3.05) is 0 Å². The summed E-state index contributed by atoms with van der Waals surface area (Å²) in [6.07, 6.45) is 1.70. The fourth-order valence-electron chi connectivity index (χ4n) is 2.32. The van der Waals surface area contributed by atoms with Crippen molar-refractivity contribution in [2.24, 2.45) is 5.73 Å². The number of aromatic amines is 1. The van der Waals surface area contributed by atoms with Gasteiger partial charge in [-0.25, -0.2) is 14.8 Å². The number of H-pyrrole nitrogens is 1. The molecule has 3 heterocycles. The number of aromatic nitrogens is 3. The molecule has 0 saturated carbocycles. The Bertz CT molecular complexity index is 695. The zero-order valence-corrected chi connectivity index (χ0v) is 11.8. The van der Waals surface area contributed by atoms with Crippen LogP contribution >= 0.6 is 11.3 Å². The molecule has 4 N–H and O–H groups in total. The number of carbonyl (C=O) groups is 2. The molecule has 2 aromatic heterocycles. The third-order valence-electron chi connectivity index (χ3n) is 3.39. The van der Waals surface area contributed by atoms with E-state index in [0.717, 1.165) is 5.69 Å². The quantitative estimate of drug-likeness (QED) is 0.731. The fourth-order valence-corrected chi connectivity index (χ4v) is 2.97. The Morgan fingerprint density at radius 3 is 3.05 bits per heavy atom. The molecule has 0 spiro atoms. The number of hydrogen-bond acceptors (Lipinski definition) is 6. The number of carboxylic acids is 1. The number of nitrogens with zero attached hydrogens (tertiary/aromatic N) is 3. The van der Waals surface area contributed by atoms with Crippen LogP contribution in [0.4, 0.5) is 0 Å². The summed E-state index contributed by atoms with van der Waals surface area (Å²) in [6, 6.07) is -0.934. The van der Waals surface area contributed by atoms with Gasteiger partial charge in [0.2, 0.25) is 0 Å². The molecule has 21 heavy (non-hydrogen) atoms. The van der Waals surface area contributed by atoms with E-state index >= 15 is 0 Å². The molecule has 1 amide bonds. The highest BCUT2D eigenvalue weighted by Gasteiger charge is 2.37. The van der Waals surface area contributed by atoms with Crippen molar-refractivity contribution in [1.82, 2.24) is 19.9 Å². The molecule has 0 fully saturated rings. The summed E-state index contributed by atoms with van der Waals surface area (Å²) in [7, 11) is 0. The first-order valence-electron chi connectivity index (χ1n) is 6.29. The predicted octanol–water partition coefficient (Wildman–Crippen LogP) is -0.0234. The Balaban J connectivity index is 1.91. The molecule has 110 valence electrons. The van der Waals surface area contributed by atoms with Gasteiger partial charge in [-0.3, -0.25) is 4.79 Å². The zero-order chi connectivity index (χ0) is 15.0. The van der Waals surface area contributed by atoms with Gasteiger partial charge >= 0.3 is 5.97 Å². The van der Waals surface area contributed by atoms with Crippen molar-refractivity contribution in [1.29, 1.82) is 0 Å². The maximum Gasteiger partial charge on any atom is 0.326 e. The van der Waals surface area contributed by atoms with Crippen LogP contribution < -0.4 is 5.73 Å². The standard InChI is InChI=1S/C12H13N5O3S/c13-2-10-16-8(4-21-10)11(18)17-3-7-6(14-5-15-7)1-9(17)12(19)20/h4-5,9H,1-3,13H2,(H,14,15)(H,19,20). The fraction of sp³-hybridized carbons (Fsp3) is 0.333. The van der Waals surface area contributed by atoms with Crippen LogP contribution in [0.1, 0.15) is 26.9 Å². The monoisotopic (exact) mass is 307 g/mol. The Morgan fingerprint density at radius 2 is 2.38 bits per heavy atom. The van der Waals surface area contributed by atoms with E-state index in [1.54, 1.807) is 5.38 Å². The van der Waals surface area contributed by atoms with E-state index in [9.17, 15) is 14.7 Å². The highest BCUT2D eigenvalue weighted by atomic mass is 32.1. The van der Waals surface area contributed by atoms with E-state index in [1.807, 2.05) is 0 Å². The van der Waals surface area contributed by atoms with Gasteiger partial charge in [0, 0.05) is 18.3 Å². The van der Waals surface area contributed by atoms with Crippen LogP contribution in [0.5, 0.6) is 0 Å². The molecule has 0 aromatic carbocycles. The van der Waals surface area contributed by atoms with E-state index in [4.69, 9.17) is 5.73 Å². The second-order valence-corrected chi connectivity index (χ2v) is 5.59. The molecule has 1 aliphatic heterocycles. The number of carboxylic acid groups (broad SMARTS) is 1. The summed E-state index contributed by atoms with van der Waals surface area (Å²) in [5.74, 6) is -1.45. The van der Waals surface area contributed by atoms with Crippen LogP contribution in [0.25, 0.3) is 0 Å². The number of thiazole rings is 1. The summed E-state index contributed by atoms with van der Waals surface area (Å²) in [6.45, 7) is 0.436. The molecule has 1 unspecified atom stereocenters. The number of amides is 1. The first-order chi connectivity index (χ1) is 10.1. The molecule has 8 nitrogen and oxygen atoms in total. The number of nitrogens with one attached hydrogen (secondary N) is 1. The lowest BCUT2D eigenvalue weighted by Crippen LogP contribution is -2.48. The van der Waals surface area contributed by atoms with Crippen molar-refractivity contribution in [3.63, 3.8) is 0 Å². The largest absolute Gasteiger partial charge is 0.480 e. The number of fused-ring (bicyclic) bond motifs is 1. The van der Waals surface area contributed by atoms with Crippen LogP contribution in [-0.4, -0.2) is 42.9 Å². The molecule has 0 radical (unpaired) electrons. The molecule has 1 aliphatic rings. The number of imidazole rings is 1. The van der Waals surface area contributed by atoms with Gasteiger partial charge in [0.15, 0.2) is 0 Å². The summed E-state index contributed by atoms with van der Waals surface area (Å²) in [5.41, 5.74) is 7.16. The first-order valence-corrected chi connectivity index (χ1v) is 7.17. The topological polar surface area (TPSA) is 125 Å². The van der Waals surface area contributed by atoms with Gasteiger partial charge in [-0.1, -0.05) is 0 Å². The molecule has 1 atom stereocenters. The van der Waals surface area contributed by atoms with Crippen LogP contribution in [0, 0.1) is 0 Å². The molecule has 0 bridgehead atoms. The molecular formula is C12H13N5O3S. The number of rotatable bonds is 3. The van der Waals surface area contributed by atoms with Crippen molar-refractivity contribution in [3.8, 4) is 0 Å². The molecule has 9 heteroatoms. The summed E-state index contributed by atoms with van der Waals surface area (Å²) < 4.78 is 0. The number of nitrogens with two attached hydrogens (primary N) is 1. The SMILES string of the molecule is NCc1nc(C(=O)N2Cc3[nH]cnc3CC2C(=O)O)cs1. The normalized spacial score (nSPS) is 17.6. The van der Waals surface area contributed by atoms with Gasteiger partial charge in [-0.2, -0.15) is 0 Å². The van der Waals surface area contributed by atoms with Crippen molar-refractivity contribution in [2.45, 2.75) is 25.6 Å². The van der Waals surface area contributed by atoms with Gasteiger partial charge < -0.3 is 20.7 Å². The minimum absolute atomic E-state index is 0.181. The lowest BCUT2D eigenvalue weighted by Gasteiger charge is -2.31. The van der Waals surface area contributed by atoms with Gasteiger partial charge in [0.05, 0.1) is 24.3 Å². The number of aliphatic carboxylic acids is 1.